The van der Waals surface area contributed by atoms with E-state index in [4.69, 9.17) is 5.11 Å². The number of halogens is 2. The summed E-state index contributed by atoms with van der Waals surface area (Å²) in [6.45, 7) is -0.146. The van der Waals surface area contributed by atoms with Crippen molar-refractivity contribution in [1.82, 2.24) is 9.97 Å². The minimum Gasteiger partial charge on any atom is -0.390 e. The van der Waals surface area contributed by atoms with Crippen LogP contribution in [0, 0.1) is 6.92 Å². The van der Waals surface area contributed by atoms with Gasteiger partial charge in [-0.15, -0.1) is 0 Å². The summed E-state index contributed by atoms with van der Waals surface area (Å²) in [5.41, 5.74) is 0.660. The quantitative estimate of drug-likeness (QED) is 0.702. The van der Waals surface area contributed by atoms with Gasteiger partial charge in [-0.05, 0) is 6.92 Å². The van der Waals surface area contributed by atoms with Gasteiger partial charge in [-0.2, -0.15) is 4.98 Å². The molecule has 90 valence electrons. The molecular weight excluding hydrogens is 218 g/mol. The Labute approximate surface area is 91.9 Å². The highest BCUT2D eigenvalue weighted by Crippen LogP contribution is 2.16. The molecule has 0 amide bonds. The molecule has 0 radical (unpaired) electrons. The number of nitrogens with zero attached hydrogens (tertiary/aromatic N) is 2. The number of anilines is 2. The third-order valence-corrected chi connectivity index (χ3v) is 1.94. The van der Waals surface area contributed by atoms with Gasteiger partial charge in [-0.1, -0.05) is 0 Å². The standard InChI is InChI=1S/C9H14F2N4O/c1-6-3-13-8(12-2)15-7(6)14-4-9(10,11)5-16/h3,16H,4-5H2,1-2H3,(H2,12,13,14,15). The van der Waals surface area contributed by atoms with E-state index in [1.54, 1.807) is 14.0 Å². The van der Waals surface area contributed by atoms with Gasteiger partial charge in [0, 0.05) is 18.8 Å². The Morgan fingerprint density at radius 1 is 1.50 bits per heavy atom. The van der Waals surface area contributed by atoms with Crippen molar-refractivity contribution in [2.45, 2.75) is 12.8 Å². The minimum absolute atomic E-state index is 0.326. The molecule has 7 heteroatoms. The zero-order valence-corrected chi connectivity index (χ0v) is 9.09. The van der Waals surface area contributed by atoms with E-state index in [0.29, 0.717) is 17.3 Å². The molecule has 0 spiro atoms. The average molecular weight is 232 g/mol. The molecule has 0 aliphatic heterocycles. The maximum absolute atomic E-state index is 12.8. The summed E-state index contributed by atoms with van der Waals surface area (Å²) in [5.74, 6) is -2.48. The molecule has 1 aromatic rings. The van der Waals surface area contributed by atoms with E-state index in [0.717, 1.165) is 0 Å². The molecule has 3 N–H and O–H groups in total. The van der Waals surface area contributed by atoms with Gasteiger partial charge in [-0.3, -0.25) is 0 Å². The van der Waals surface area contributed by atoms with Crippen LogP contribution in [0.25, 0.3) is 0 Å². The zero-order valence-electron chi connectivity index (χ0n) is 9.09. The first-order valence-corrected chi connectivity index (χ1v) is 4.72. The largest absolute Gasteiger partial charge is 0.390 e. The Hall–Kier alpha value is -1.50. The highest BCUT2D eigenvalue weighted by atomic mass is 19.3. The van der Waals surface area contributed by atoms with Gasteiger partial charge < -0.3 is 15.7 Å². The summed E-state index contributed by atoms with van der Waals surface area (Å²) in [6.07, 6.45) is 1.53. The maximum Gasteiger partial charge on any atom is 0.287 e. The molecule has 1 heterocycles. The van der Waals surface area contributed by atoms with Crippen molar-refractivity contribution in [3.05, 3.63) is 11.8 Å². The van der Waals surface area contributed by atoms with Crippen LogP contribution in [-0.2, 0) is 0 Å². The lowest BCUT2D eigenvalue weighted by Crippen LogP contribution is -2.31. The first-order chi connectivity index (χ1) is 7.48. The van der Waals surface area contributed by atoms with Crippen molar-refractivity contribution in [1.29, 1.82) is 0 Å². The number of aromatic nitrogens is 2. The number of aliphatic hydroxyl groups is 1. The predicted octanol–water partition coefficient (Wildman–Crippen LogP) is 0.866. The van der Waals surface area contributed by atoms with E-state index in [2.05, 4.69) is 20.6 Å². The molecule has 1 aromatic heterocycles. The molecule has 0 saturated heterocycles. The topological polar surface area (TPSA) is 70.1 Å². The molecule has 0 aliphatic rings. The maximum atomic E-state index is 12.8. The fourth-order valence-corrected chi connectivity index (χ4v) is 1.01. The Morgan fingerprint density at radius 3 is 2.75 bits per heavy atom. The Kier molecular flexibility index (Phi) is 3.94. The number of aliphatic hydroxyl groups excluding tert-OH is 1. The molecule has 1 rings (SSSR count). The molecular formula is C9H14F2N4O. The van der Waals surface area contributed by atoms with Crippen LogP contribution in [0.1, 0.15) is 5.56 Å². The molecule has 16 heavy (non-hydrogen) atoms. The first-order valence-electron chi connectivity index (χ1n) is 4.72. The molecule has 0 bridgehead atoms. The van der Waals surface area contributed by atoms with Gasteiger partial charge in [0.05, 0.1) is 6.54 Å². The molecule has 0 saturated carbocycles. The molecule has 0 fully saturated rings. The van der Waals surface area contributed by atoms with E-state index in [1.807, 2.05) is 0 Å². The lowest BCUT2D eigenvalue weighted by atomic mass is 10.3. The lowest BCUT2D eigenvalue weighted by molar-refractivity contribution is -0.0373. The van der Waals surface area contributed by atoms with Crippen molar-refractivity contribution in [2.75, 3.05) is 30.8 Å². The minimum atomic E-state index is -3.16. The molecule has 0 aliphatic carbocycles. The van der Waals surface area contributed by atoms with Crippen LogP contribution >= 0.6 is 0 Å². The monoisotopic (exact) mass is 232 g/mol. The SMILES string of the molecule is CNc1ncc(C)c(NCC(F)(F)CO)n1. The van der Waals surface area contributed by atoms with Crippen LogP contribution in [0.15, 0.2) is 6.20 Å². The zero-order chi connectivity index (χ0) is 12.2. The fourth-order valence-electron chi connectivity index (χ4n) is 1.01. The van der Waals surface area contributed by atoms with E-state index >= 15 is 0 Å². The number of rotatable bonds is 5. The van der Waals surface area contributed by atoms with Gasteiger partial charge in [0.15, 0.2) is 0 Å². The lowest BCUT2D eigenvalue weighted by Gasteiger charge is -2.15. The third-order valence-electron chi connectivity index (χ3n) is 1.94. The van der Waals surface area contributed by atoms with Gasteiger partial charge >= 0.3 is 0 Å². The van der Waals surface area contributed by atoms with Crippen LogP contribution in [-0.4, -0.2) is 41.2 Å². The summed E-state index contributed by atoms with van der Waals surface area (Å²) < 4.78 is 25.6. The number of hydrogen-bond donors (Lipinski definition) is 3. The van der Waals surface area contributed by atoms with Crippen molar-refractivity contribution in [3.63, 3.8) is 0 Å². The summed E-state index contributed by atoms with van der Waals surface area (Å²) >= 11 is 0. The number of alkyl halides is 2. The fraction of sp³-hybridized carbons (Fsp3) is 0.556. The Balaban J connectivity index is 2.73. The number of aryl methyl sites for hydroxylation is 1. The van der Waals surface area contributed by atoms with Gasteiger partial charge in [0.25, 0.3) is 5.92 Å². The summed E-state index contributed by atoms with van der Waals surface area (Å²) in [5, 5.41) is 13.6. The van der Waals surface area contributed by atoms with E-state index in [-0.39, 0.29) is 0 Å². The second-order valence-electron chi connectivity index (χ2n) is 3.34. The third kappa shape index (κ3) is 3.27. The van der Waals surface area contributed by atoms with E-state index in [9.17, 15) is 8.78 Å². The van der Waals surface area contributed by atoms with Gasteiger partial charge in [0.1, 0.15) is 12.4 Å². The van der Waals surface area contributed by atoms with Crippen LogP contribution in [0.2, 0.25) is 0 Å². The normalized spacial score (nSPS) is 11.3. The van der Waals surface area contributed by atoms with Crippen LogP contribution in [0.4, 0.5) is 20.5 Å². The van der Waals surface area contributed by atoms with Crippen molar-refractivity contribution >= 4 is 11.8 Å². The smallest absolute Gasteiger partial charge is 0.287 e. The predicted molar refractivity (Wildman–Crippen MR) is 56.8 cm³/mol. The molecule has 0 unspecified atom stereocenters. The number of nitrogens with one attached hydrogen (secondary N) is 2. The number of hydrogen-bond acceptors (Lipinski definition) is 5. The van der Waals surface area contributed by atoms with Crippen molar-refractivity contribution < 1.29 is 13.9 Å². The van der Waals surface area contributed by atoms with Gasteiger partial charge in [0.2, 0.25) is 5.95 Å². The average Bonchev–Trinajstić information content (AvgIpc) is 2.28. The van der Waals surface area contributed by atoms with Crippen LogP contribution < -0.4 is 10.6 Å². The second-order valence-corrected chi connectivity index (χ2v) is 3.34. The Bertz CT molecular complexity index is 359. The van der Waals surface area contributed by atoms with Crippen LogP contribution in [0.5, 0.6) is 0 Å². The van der Waals surface area contributed by atoms with Crippen molar-refractivity contribution in [3.8, 4) is 0 Å². The second kappa shape index (κ2) is 5.02. The highest BCUT2D eigenvalue weighted by Gasteiger charge is 2.27. The Morgan fingerprint density at radius 2 is 2.19 bits per heavy atom. The van der Waals surface area contributed by atoms with E-state index in [1.165, 1.54) is 6.20 Å². The summed E-state index contributed by atoms with van der Waals surface area (Å²) in [4.78, 5) is 7.90. The van der Waals surface area contributed by atoms with Crippen LogP contribution in [0.3, 0.4) is 0 Å². The molecule has 5 nitrogen and oxygen atoms in total. The first kappa shape index (κ1) is 12.6. The molecule has 0 atom stereocenters. The van der Waals surface area contributed by atoms with Crippen molar-refractivity contribution in [2.24, 2.45) is 0 Å². The van der Waals surface area contributed by atoms with E-state index < -0.39 is 19.1 Å². The molecule has 0 aromatic carbocycles. The summed E-state index contributed by atoms with van der Waals surface area (Å²) in [7, 11) is 1.64. The summed E-state index contributed by atoms with van der Waals surface area (Å²) in [6, 6.07) is 0. The van der Waals surface area contributed by atoms with Gasteiger partial charge in [-0.25, -0.2) is 13.8 Å². The highest BCUT2D eigenvalue weighted by molar-refractivity contribution is 5.46.